The zero-order chi connectivity index (χ0) is 16.9. The van der Waals surface area contributed by atoms with Gasteiger partial charge < -0.3 is 9.88 Å². The lowest BCUT2D eigenvalue weighted by Gasteiger charge is -2.10. The lowest BCUT2D eigenvalue weighted by atomic mass is 10.2. The average molecular weight is 340 g/mol. The second-order valence-electron chi connectivity index (χ2n) is 5.93. The lowest BCUT2D eigenvalue weighted by Crippen LogP contribution is -2.13. The Morgan fingerprint density at radius 3 is 2.75 bits per heavy atom. The lowest BCUT2D eigenvalue weighted by molar-refractivity contribution is -0.112. The maximum Gasteiger partial charge on any atom is 0.266 e. The predicted octanol–water partition coefficient (Wildman–Crippen LogP) is 4.80. The molecule has 0 atom stereocenters. The van der Waals surface area contributed by atoms with Crippen LogP contribution >= 0.6 is 11.6 Å². The summed E-state index contributed by atoms with van der Waals surface area (Å²) in [6, 6.07) is 11.4. The first-order valence-corrected chi connectivity index (χ1v) is 8.40. The molecule has 1 aromatic carbocycles. The van der Waals surface area contributed by atoms with E-state index in [2.05, 4.69) is 9.88 Å². The van der Waals surface area contributed by atoms with Gasteiger partial charge in [0.1, 0.15) is 11.6 Å². The Morgan fingerprint density at radius 1 is 1.29 bits per heavy atom. The van der Waals surface area contributed by atoms with Crippen LogP contribution in [0.3, 0.4) is 0 Å². The van der Waals surface area contributed by atoms with Crippen molar-refractivity contribution in [1.29, 1.82) is 5.26 Å². The smallest absolute Gasteiger partial charge is 0.266 e. The van der Waals surface area contributed by atoms with Gasteiger partial charge in [0.05, 0.1) is 10.7 Å². The number of nitrogens with one attached hydrogen (secondary N) is 1. The number of carbonyl (C=O) groups excluding carboxylic acids is 1. The molecule has 0 radical (unpaired) electrons. The van der Waals surface area contributed by atoms with Gasteiger partial charge in [0, 0.05) is 18.4 Å². The summed E-state index contributed by atoms with van der Waals surface area (Å²) >= 11 is 6.03. The molecule has 2 aromatic rings. The van der Waals surface area contributed by atoms with Gasteiger partial charge in [-0.3, -0.25) is 4.79 Å². The fourth-order valence-corrected chi connectivity index (χ4v) is 3.20. The van der Waals surface area contributed by atoms with Crippen molar-refractivity contribution in [3.63, 3.8) is 0 Å². The molecule has 1 aromatic heterocycles. The molecule has 24 heavy (non-hydrogen) atoms. The van der Waals surface area contributed by atoms with Crippen LogP contribution in [-0.2, 0) is 4.79 Å². The number of aromatic nitrogens is 1. The van der Waals surface area contributed by atoms with E-state index < -0.39 is 5.91 Å². The summed E-state index contributed by atoms with van der Waals surface area (Å²) in [6.07, 6.45) is 10.5. The van der Waals surface area contributed by atoms with Gasteiger partial charge in [-0.15, -0.1) is 0 Å². The van der Waals surface area contributed by atoms with Gasteiger partial charge in [0.2, 0.25) is 0 Å². The Bertz CT molecular complexity index is 810. The van der Waals surface area contributed by atoms with Gasteiger partial charge in [-0.2, -0.15) is 5.26 Å². The van der Waals surface area contributed by atoms with Crippen molar-refractivity contribution < 1.29 is 4.79 Å². The minimum absolute atomic E-state index is 0.0547. The summed E-state index contributed by atoms with van der Waals surface area (Å²) in [5.41, 5.74) is 1.40. The number of hydrogen-bond acceptors (Lipinski definition) is 2. The van der Waals surface area contributed by atoms with E-state index in [0.29, 0.717) is 16.8 Å². The van der Waals surface area contributed by atoms with Gasteiger partial charge in [0.25, 0.3) is 5.91 Å². The Hall–Kier alpha value is -2.51. The highest BCUT2D eigenvalue weighted by atomic mass is 35.5. The molecule has 4 nitrogen and oxygen atoms in total. The number of halogens is 1. The van der Waals surface area contributed by atoms with Crippen LogP contribution in [0, 0.1) is 11.3 Å². The van der Waals surface area contributed by atoms with E-state index in [4.69, 9.17) is 11.6 Å². The molecule has 0 unspecified atom stereocenters. The SMILES string of the molecule is N#C/C(=C\c1ccn(C2CCCC2)c1)C(=O)Nc1ccccc1Cl. The maximum absolute atomic E-state index is 12.3. The second kappa shape index (κ2) is 7.37. The van der Waals surface area contributed by atoms with E-state index in [1.54, 1.807) is 30.3 Å². The van der Waals surface area contributed by atoms with Crippen LogP contribution in [0.1, 0.15) is 37.3 Å². The Kier molecular flexibility index (Phi) is 5.02. The Balaban J connectivity index is 1.75. The Labute approximate surface area is 146 Å². The largest absolute Gasteiger partial charge is 0.351 e. The first-order chi connectivity index (χ1) is 11.7. The average Bonchev–Trinajstić information content (AvgIpc) is 3.25. The van der Waals surface area contributed by atoms with Gasteiger partial charge in [-0.1, -0.05) is 36.6 Å². The molecular formula is C19H18ClN3O. The van der Waals surface area contributed by atoms with Crippen molar-refractivity contribution in [2.24, 2.45) is 0 Å². The van der Waals surface area contributed by atoms with E-state index in [1.807, 2.05) is 24.5 Å². The van der Waals surface area contributed by atoms with Crippen LogP contribution in [0.15, 0.2) is 48.3 Å². The van der Waals surface area contributed by atoms with Gasteiger partial charge in [-0.05, 0) is 42.7 Å². The molecule has 1 N–H and O–H groups in total. The molecule has 0 saturated heterocycles. The Morgan fingerprint density at radius 2 is 2.04 bits per heavy atom. The third kappa shape index (κ3) is 3.69. The zero-order valence-electron chi connectivity index (χ0n) is 13.2. The summed E-state index contributed by atoms with van der Waals surface area (Å²) in [5.74, 6) is -0.459. The first-order valence-electron chi connectivity index (χ1n) is 8.02. The number of amides is 1. The summed E-state index contributed by atoms with van der Waals surface area (Å²) in [4.78, 5) is 12.3. The molecule has 3 rings (SSSR count). The molecule has 1 heterocycles. The molecule has 0 aliphatic heterocycles. The number of nitrogens with zero attached hydrogens (tertiary/aromatic N) is 2. The molecule has 122 valence electrons. The normalized spacial score (nSPS) is 15.2. The van der Waals surface area contributed by atoms with E-state index in [1.165, 1.54) is 25.7 Å². The number of nitriles is 1. The van der Waals surface area contributed by atoms with E-state index in [-0.39, 0.29) is 5.57 Å². The number of anilines is 1. The summed E-state index contributed by atoms with van der Waals surface area (Å²) in [5, 5.41) is 12.4. The number of benzene rings is 1. The standard InChI is InChI=1S/C19H18ClN3O/c20-17-7-3-4-8-18(17)22-19(24)15(12-21)11-14-9-10-23(13-14)16-5-1-2-6-16/h3-4,7-11,13,16H,1-2,5-6H2,(H,22,24)/b15-11+. The third-order valence-corrected chi connectivity index (χ3v) is 4.61. The summed E-state index contributed by atoms with van der Waals surface area (Å²) in [6.45, 7) is 0. The van der Waals surface area contributed by atoms with E-state index in [9.17, 15) is 10.1 Å². The molecule has 1 saturated carbocycles. The van der Waals surface area contributed by atoms with Crippen LogP contribution in [0.5, 0.6) is 0 Å². The topological polar surface area (TPSA) is 57.8 Å². The third-order valence-electron chi connectivity index (χ3n) is 4.28. The molecule has 1 aliphatic carbocycles. The van der Waals surface area contributed by atoms with Crippen LogP contribution in [-0.4, -0.2) is 10.5 Å². The van der Waals surface area contributed by atoms with Crippen molar-refractivity contribution in [1.82, 2.24) is 4.57 Å². The fourth-order valence-electron chi connectivity index (χ4n) is 3.01. The molecule has 5 heteroatoms. The summed E-state index contributed by atoms with van der Waals surface area (Å²) in [7, 11) is 0. The van der Waals surface area contributed by atoms with Gasteiger partial charge in [-0.25, -0.2) is 0 Å². The number of carbonyl (C=O) groups is 1. The van der Waals surface area contributed by atoms with Crippen LogP contribution in [0.4, 0.5) is 5.69 Å². The van der Waals surface area contributed by atoms with Gasteiger partial charge >= 0.3 is 0 Å². The molecule has 0 bridgehead atoms. The number of para-hydroxylation sites is 1. The minimum Gasteiger partial charge on any atom is -0.351 e. The predicted molar refractivity (Wildman–Crippen MR) is 95.6 cm³/mol. The van der Waals surface area contributed by atoms with Crippen LogP contribution in [0.25, 0.3) is 6.08 Å². The quantitative estimate of drug-likeness (QED) is 0.642. The van der Waals surface area contributed by atoms with E-state index >= 15 is 0 Å². The number of hydrogen-bond donors (Lipinski definition) is 1. The molecule has 1 amide bonds. The highest BCUT2D eigenvalue weighted by Crippen LogP contribution is 2.30. The maximum atomic E-state index is 12.3. The summed E-state index contributed by atoms with van der Waals surface area (Å²) < 4.78 is 2.18. The van der Waals surface area contributed by atoms with Crippen molar-refractivity contribution in [2.45, 2.75) is 31.7 Å². The molecular weight excluding hydrogens is 322 g/mol. The monoisotopic (exact) mass is 339 g/mol. The minimum atomic E-state index is -0.459. The zero-order valence-corrected chi connectivity index (χ0v) is 14.0. The van der Waals surface area contributed by atoms with Crippen molar-refractivity contribution >= 4 is 29.3 Å². The van der Waals surface area contributed by atoms with Crippen molar-refractivity contribution in [3.05, 3.63) is 58.9 Å². The van der Waals surface area contributed by atoms with Crippen molar-refractivity contribution in [3.8, 4) is 6.07 Å². The van der Waals surface area contributed by atoms with Crippen LogP contribution in [0.2, 0.25) is 5.02 Å². The number of rotatable bonds is 4. The highest BCUT2D eigenvalue weighted by Gasteiger charge is 2.16. The second-order valence-corrected chi connectivity index (χ2v) is 6.34. The van der Waals surface area contributed by atoms with E-state index in [0.717, 1.165) is 5.56 Å². The molecule has 1 aliphatic rings. The molecule has 1 fully saturated rings. The van der Waals surface area contributed by atoms with Crippen molar-refractivity contribution in [2.75, 3.05) is 5.32 Å². The molecule has 0 spiro atoms. The van der Waals surface area contributed by atoms with Gasteiger partial charge in [0.15, 0.2) is 0 Å². The van der Waals surface area contributed by atoms with Crippen LogP contribution < -0.4 is 5.32 Å². The highest BCUT2D eigenvalue weighted by molar-refractivity contribution is 6.34. The first kappa shape index (κ1) is 16.4. The fraction of sp³-hybridized carbons (Fsp3) is 0.263.